The topological polar surface area (TPSA) is 32.3 Å². The maximum absolute atomic E-state index is 12.4. The Morgan fingerprint density at radius 1 is 1.56 bits per heavy atom. The minimum atomic E-state index is 0.320. The van der Waals surface area contributed by atoms with E-state index >= 15 is 0 Å². The van der Waals surface area contributed by atoms with Crippen molar-refractivity contribution in [1.82, 2.24) is 10.2 Å². The van der Waals surface area contributed by atoms with Crippen molar-refractivity contribution in [1.29, 1.82) is 0 Å². The van der Waals surface area contributed by atoms with E-state index in [0.717, 1.165) is 38.9 Å². The molecule has 0 radical (unpaired) electrons. The normalized spacial score (nSPS) is 23.6. The largest absolute Gasteiger partial charge is 0.335 e. The summed E-state index contributed by atoms with van der Waals surface area (Å²) in [7, 11) is 0. The summed E-state index contributed by atoms with van der Waals surface area (Å²) in [5.41, 5.74) is 1.40. The molecule has 0 saturated carbocycles. The number of hydrogen-bond donors (Lipinski definition) is 1. The molecule has 0 aromatic carbocycles. The molecular weight excluding hydrogens is 244 g/mol. The van der Waals surface area contributed by atoms with Gasteiger partial charge in [0.2, 0.25) is 5.91 Å². The maximum atomic E-state index is 12.4. The van der Waals surface area contributed by atoms with Gasteiger partial charge in [0.1, 0.15) is 0 Å². The van der Waals surface area contributed by atoms with Crippen LogP contribution in [-0.2, 0) is 11.2 Å². The van der Waals surface area contributed by atoms with Crippen LogP contribution >= 0.6 is 11.3 Å². The highest BCUT2D eigenvalue weighted by Crippen LogP contribution is 2.35. The smallest absolute Gasteiger partial charge is 0.223 e. The predicted molar refractivity (Wildman–Crippen MR) is 73.7 cm³/mol. The van der Waals surface area contributed by atoms with E-state index in [4.69, 9.17) is 0 Å². The third kappa shape index (κ3) is 2.08. The van der Waals surface area contributed by atoms with Gasteiger partial charge in [-0.1, -0.05) is 6.92 Å². The lowest BCUT2D eigenvalue weighted by Gasteiger charge is -2.37. The number of amides is 1. The number of fused-ring (bicyclic) bond motifs is 1. The van der Waals surface area contributed by atoms with E-state index < -0.39 is 0 Å². The van der Waals surface area contributed by atoms with E-state index in [1.807, 2.05) is 11.3 Å². The molecule has 0 spiro atoms. The molecular formula is C14H20N2OS. The Morgan fingerprint density at radius 3 is 3.06 bits per heavy atom. The summed E-state index contributed by atoms with van der Waals surface area (Å²) in [6.45, 7) is 5.12. The van der Waals surface area contributed by atoms with Crippen LogP contribution in [0.3, 0.4) is 0 Å². The molecule has 1 unspecified atom stereocenters. The maximum Gasteiger partial charge on any atom is 0.223 e. The van der Waals surface area contributed by atoms with Gasteiger partial charge in [-0.3, -0.25) is 4.79 Å². The lowest BCUT2D eigenvalue weighted by molar-refractivity contribution is -0.135. The predicted octanol–water partition coefficient (Wildman–Crippen LogP) is 2.19. The SMILES string of the molecule is CCC1c2ccsc2CCN1C(=O)CC1CNC1. The summed E-state index contributed by atoms with van der Waals surface area (Å²) in [6.07, 6.45) is 2.79. The Labute approximate surface area is 112 Å². The van der Waals surface area contributed by atoms with Crippen molar-refractivity contribution in [2.24, 2.45) is 5.92 Å². The van der Waals surface area contributed by atoms with Crippen LogP contribution in [-0.4, -0.2) is 30.4 Å². The molecule has 1 aromatic rings. The first-order valence-electron chi connectivity index (χ1n) is 6.86. The first-order chi connectivity index (χ1) is 8.79. The average molecular weight is 264 g/mol. The van der Waals surface area contributed by atoms with Gasteiger partial charge < -0.3 is 10.2 Å². The molecule has 1 N–H and O–H groups in total. The average Bonchev–Trinajstić information content (AvgIpc) is 2.80. The third-order valence-corrected chi connectivity index (χ3v) is 5.13. The standard InChI is InChI=1S/C14H20N2OS/c1-2-12-11-4-6-18-13(11)3-5-16(12)14(17)7-10-8-15-9-10/h4,6,10,12,15H,2-3,5,7-9H2,1H3. The number of carbonyl (C=O) groups excluding carboxylic acids is 1. The van der Waals surface area contributed by atoms with E-state index in [-0.39, 0.29) is 0 Å². The van der Waals surface area contributed by atoms with Gasteiger partial charge in [-0.05, 0) is 48.9 Å². The van der Waals surface area contributed by atoms with Gasteiger partial charge in [0.25, 0.3) is 0 Å². The minimum Gasteiger partial charge on any atom is -0.335 e. The molecule has 2 aliphatic rings. The van der Waals surface area contributed by atoms with Gasteiger partial charge in [-0.15, -0.1) is 11.3 Å². The lowest BCUT2D eigenvalue weighted by Crippen LogP contribution is -2.47. The van der Waals surface area contributed by atoms with Crippen molar-refractivity contribution in [2.75, 3.05) is 19.6 Å². The van der Waals surface area contributed by atoms with Crippen molar-refractivity contribution >= 4 is 17.2 Å². The Balaban J connectivity index is 1.73. The van der Waals surface area contributed by atoms with Gasteiger partial charge in [-0.25, -0.2) is 0 Å². The Morgan fingerprint density at radius 2 is 2.39 bits per heavy atom. The number of thiophene rings is 1. The van der Waals surface area contributed by atoms with E-state index in [0.29, 0.717) is 17.9 Å². The second-order valence-electron chi connectivity index (χ2n) is 5.29. The minimum absolute atomic E-state index is 0.320. The molecule has 1 aromatic heterocycles. The van der Waals surface area contributed by atoms with Crippen LogP contribution in [0.1, 0.15) is 36.2 Å². The number of rotatable bonds is 3. The zero-order chi connectivity index (χ0) is 12.5. The van der Waals surface area contributed by atoms with E-state index in [1.54, 1.807) is 0 Å². The summed E-state index contributed by atoms with van der Waals surface area (Å²) in [5.74, 6) is 0.920. The molecule has 2 aliphatic heterocycles. The third-order valence-electron chi connectivity index (χ3n) is 4.13. The summed E-state index contributed by atoms with van der Waals surface area (Å²) in [4.78, 5) is 16.0. The molecule has 1 amide bonds. The first kappa shape index (κ1) is 12.2. The van der Waals surface area contributed by atoms with E-state index in [2.05, 4.69) is 28.6 Å². The first-order valence-corrected chi connectivity index (χ1v) is 7.74. The fraction of sp³-hybridized carbons (Fsp3) is 0.643. The molecule has 0 aliphatic carbocycles. The highest BCUT2D eigenvalue weighted by atomic mass is 32.1. The molecule has 3 rings (SSSR count). The fourth-order valence-corrected chi connectivity index (χ4v) is 3.92. The second-order valence-corrected chi connectivity index (χ2v) is 6.29. The number of carbonyl (C=O) groups is 1. The van der Waals surface area contributed by atoms with E-state index in [1.165, 1.54) is 10.4 Å². The number of nitrogens with one attached hydrogen (secondary N) is 1. The Hall–Kier alpha value is -0.870. The van der Waals surface area contributed by atoms with Crippen LogP contribution in [0.2, 0.25) is 0 Å². The summed E-state index contributed by atoms with van der Waals surface area (Å²) < 4.78 is 0. The summed E-state index contributed by atoms with van der Waals surface area (Å²) in [5, 5.41) is 5.40. The number of nitrogens with zero attached hydrogens (tertiary/aromatic N) is 1. The van der Waals surface area contributed by atoms with Crippen molar-refractivity contribution in [3.05, 3.63) is 21.9 Å². The zero-order valence-electron chi connectivity index (χ0n) is 10.8. The van der Waals surface area contributed by atoms with E-state index in [9.17, 15) is 4.79 Å². The number of hydrogen-bond acceptors (Lipinski definition) is 3. The van der Waals surface area contributed by atoms with Gasteiger partial charge in [0.05, 0.1) is 6.04 Å². The van der Waals surface area contributed by atoms with Gasteiger partial charge in [0.15, 0.2) is 0 Å². The Kier molecular flexibility index (Phi) is 3.39. The van der Waals surface area contributed by atoms with Crippen LogP contribution in [0, 0.1) is 5.92 Å². The van der Waals surface area contributed by atoms with Crippen molar-refractivity contribution in [2.45, 2.75) is 32.2 Å². The molecule has 1 saturated heterocycles. The van der Waals surface area contributed by atoms with Crippen LogP contribution in [0.25, 0.3) is 0 Å². The second kappa shape index (κ2) is 5.02. The molecule has 0 bridgehead atoms. The molecule has 4 heteroatoms. The van der Waals surface area contributed by atoms with Gasteiger partial charge >= 0.3 is 0 Å². The highest BCUT2D eigenvalue weighted by molar-refractivity contribution is 7.10. The zero-order valence-corrected chi connectivity index (χ0v) is 11.6. The van der Waals surface area contributed by atoms with Crippen LogP contribution in [0.15, 0.2) is 11.4 Å². The monoisotopic (exact) mass is 264 g/mol. The molecule has 3 nitrogen and oxygen atoms in total. The van der Waals surface area contributed by atoms with Crippen LogP contribution in [0.4, 0.5) is 0 Å². The van der Waals surface area contributed by atoms with Crippen molar-refractivity contribution in [3.63, 3.8) is 0 Å². The highest BCUT2D eigenvalue weighted by Gasteiger charge is 2.32. The van der Waals surface area contributed by atoms with Gasteiger partial charge in [-0.2, -0.15) is 0 Å². The van der Waals surface area contributed by atoms with Gasteiger partial charge in [0, 0.05) is 17.8 Å². The van der Waals surface area contributed by atoms with Crippen LogP contribution in [0.5, 0.6) is 0 Å². The summed E-state index contributed by atoms with van der Waals surface area (Å²) in [6, 6.07) is 2.53. The lowest BCUT2D eigenvalue weighted by atomic mass is 9.94. The van der Waals surface area contributed by atoms with Crippen molar-refractivity contribution in [3.8, 4) is 0 Å². The molecule has 18 heavy (non-hydrogen) atoms. The van der Waals surface area contributed by atoms with Crippen LogP contribution < -0.4 is 5.32 Å². The molecule has 1 fully saturated rings. The fourth-order valence-electron chi connectivity index (χ4n) is 2.99. The Bertz CT molecular complexity index is 439. The quantitative estimate of drug-likeness (QED) is 0.907. The van der Waals surface area contributed by atoms with Crippen molar-refractivity contribution < 1.29 is 4.79 Å². The summed E-state index contributed by atoms with van der Waals surface area (Å²) >= 11 is 1.84. The molecule has 98 valence electrons. The molecule has 3 heterocycles. The molecule has 1 atom stereocenters.